The van der Waals surface area contributed by atoms with Gasteiger partial charge in [0.1, 0.15) is 0 Å². The molecule has 0 amide bonds. The van der Waals surface area contributed by atoms with E-state index in [1.54, 1.807) is 5.01 Å². The summed E-state index contributed by atoms with van der Waals surface area (Å²) in [5.41, 5.74) is 3.06. The van der Waals surface area contributed by atoms with Gasteiger partial charge in [-0.1, -0.05) is 53.5 Å². The van der Waals surface area contributed by atoms with E-state index in [9.17, 15) is 5.26 Å². The van der Waals surface area contributed by atoms with Crippen LogP contribution in [0.5, 0.6) is 0 Å². The molecular formula is C22H21Cl2N5. The number of hydrazone groups is 1. The molecule has 1 aliphatic heterocycles. The Balaban J connectivity index is 1.80. The van der Waals surface area contributed by atoms with Crippen molar-refractivity contribution in [1.82, 2.24) is 10.3 Å². The largest absolute Gasteiger partial charge is 0.261 e. The number of hydrogen-bond acceptors (Lipinski definition) is 3. The molecule has 0 saturated carbocycles. The second-order valence-corrected chi connectivity index (χ2v) is 7.47. The van der Waals surface area contributed by atoms with E-state index < -0.39 is 0 Å². The summed E-state index contributed by atoms with van der Waals surface area (Å²) in [5.74, 6) is 0.442. The van der Waals surface area contributed by atoms with E-state index in [2.05, 4.69) is 16.9 Å². The molecule has 1 unspecified atom stereocenters. The van der Waals surface area contributed by atoms with Gasteiger partial charge in [0, 0.05) is 23.0 Å². The number of nitriles is 1. The third-order valence-electron chi connectivity index (χ3n) is 4.58. The summed E-state index contributed by atoms with van der Waals surface area (Å²) in [6, 6.07) is 15.3. The Morgan fingerprint density at radius 3 is 2.48 bits per heavy atom. The number of guanidine groups is 1. The van der Waals surface area contributed by atoms with Gasteiger partial charge in [-0.3, -0.25) is 10.3 Å². The van der Waals surface area contributed by atoms with Crippen molar-refractivity contribution >= 4 is 34.9 Å². The van der Waals surface area contributed by atoms with Crippen LogP contribution < -0.4 is 5.32 Å². The summed E-state index contributed by atoms with van der Waals surface area (Å²) in [4.78, 5) is 4.60. The summed E-state index contributed by atoms with van der Waals surface area (Å²) in [7, 11) is 0. The van der Waals surface area contributed by atoms with Crippen LogP contribution in [0.1, 0.15) is 24.0 Å². The van der Waals surface area contributed by atoms with Crippen LogP contribution in [0.3, 0.4) is 0 Å². The minimum absolute atomic E-state index is 0.0494. The molecule has 7 heteroatoms. The zero-order valence-electron chi connectivity index (χ0n) is 15.9. The molecule has 3 rings (SSSR count). The second kappa shape index (κ2) is 10.1. The van der Waals surface area contributed by atoms with E-state index in [1.165, 1.54) is 0 Å². The van der Waals surface area contributed by atoms with Crippen LogP contribution in [-0.4, -0.2) is 29.3 Å². The molecule has 0 spiro atoms. The molecule has 2 aromatic carbocycles. The number of benzene rings is 2. The van der Waals surface area contributed by atoms with Gasteiger partial charge in [-0.25, -0.2) is 5.01 Å². The number of nitrogens with one attached hydrogen (secondary N) is 1. The Labute approximate surface area is 181 Å². The van der Waals surface area contributed by atoms with E-state index in [0.717, 1.165) is 36.1 Å². The van der Waals surface area contributed by atoms with Crippen LogP contribution in [0.15, 0.2) is 71.3 Å². The molecule has 0 radical (unpaired) electrons. The maximum atomic E-state index is 9.21. The fourth-order valence-corrected chi connectivity index (χ4v) is 3.39. The molecule has 1 atom stereocenters. The molecule has 1 N–H and O–H groups in total. The Kier molecular flexibility index (Phi) is 7.29. The highest BCUT2D eigenvalue weighted by atomic mass is 35.5. The van der Waals surface area contributed by atoms with Gasteiger partial charge in [-0.2, -0.15) is 10.4 Å². The van der Waals surface area contributed by atoms with Crippen molar-refractivity contribution in [2.24, 2.45) is 10.1 Å². The van der Waals surface area contributed by atoms with Crippen LogP contribution in [0.4, 0.5) is 0 Å². The van der Waals surface area contributed by atoms with Gasteiger partial charge in [0.05, 0.1) is 11.8 Å². The average molecular weight is 426 g/mol. The van der Waals surface area contributed by atoms with Gasteiger partial charge >= 0.3 is 0 Å². The number of nitrogens with zero attached hydrogens (tertiary/aromatic N) is 4. The van der Waals surface area contributed by atoms with Crippen LogP contribution in [0, 0.1) is 11.5 Å². The van der Waals surface area contributed by atoms with Gasteiger partial charge in [-0.15, -0.1) is 6.58 Å². The standard InChI is InChI=1S/C22H21Cl2N5/c1-2-3-20-14-21(17-6-10-19(24)11-7-17)28-29(20)22(27-15-25)26-13-12-16-4-8-18(23)9-5-16/h2,4-11,20H,1,3,12-14H2,(H,26,27). The molecule has 0 saturated heterocycles. The lowest BCUT2D eigenvalue weighted by Gasteiger charge is -2.22. The minimum Gasteiger partial charge on any atom is -0.261 e. The lowest BCUT2D eigenvalue weighted by atomic mass is 10.0. The summed E-state index contributed by atoms with van der Waals surface area (Å²) in [6.45, 7) is 4.37. The zero-order valence-corrected chi connectivity index (χ0v) is 17.4. The highest BCUT2D eigenvalue weighted by Gasteiger charge is 2.29. The molecule has 0 bridgehead atoms. The Morgan fingerprint density at radius 1 is 1.21 bits per heavy atom. The molecular weight excluding hydrogens is 405 g/mol. The predicted octanol–water partition coefficient (Wildman–Crippen LogP) is 5.02. The molecule has 5 nitrogen and oxygen atoms in total. The summed E-state index contributed by atoms with van der Waals surface area (Å²) < 4.78 is 0. The smallest absolute Gasteiger partial charge is 0.228 e. The third kappa shape index (κ3) is 5.60. The summed E-state index contributed by atoms with van der Waals surface area (Å²) in [6.07, 6.45) is 6.03. The molecule has 1 heterocycles. The summed E-state index contributed by atoms with van der Waals surface area (Å²) in [5, 5.41) is 19.8. The first-order valence-corrected chi connectivity index (χ1v) is 10.0. The maximum Gasteiger partial charge on any atom is 0.228 e. The van der Waals surface area contributed by atoms with E-state index in [-0.39, 0.29) is 6.04 Å². The first-order valence-electron chi connectivity index (χ1n) is 9.28. The quantitative estimate of drug-likeness (QED) is 0.232. The topological polar surface area (TPSA) is 63.8 Å². The van der Waals surface area contributed by atoms with E-state index in [0.29, 0.717) is 22.5 Å². The summed E-state index contributed by atoms with van der Waals surface area (Å²) >= 11 is 11.9. The van der Waals surface area contributed by atoms with Crippen molar-refractivity contribution in [2.45, 2.75) is 25.3 Å². The Hall–Kier alpha value is -2.81. The highest BCUT2D eigenvalue weighted by molar-refractivity contribution is 6.30. The molecule has 29 heavy (non-hydrogen) atoms. The Bertz CT molecular complexity index is 943. The van der Waals surface area contributed by atoms with E-state index >= 15 is 0 Å². The number of rotatable bonds is 6. The lowest BCUT2D eigenvalue weighted by Crippen LogP contribution is -2.40. The monoisotopic (exact) mass is 425 g/mol. The molecule has 0 fully saturated rings. The first-order chi connectivity index (χ1) is 14.1. The van der Waals surface area contributed by atoms with Gasteiger partial charge < -0.3 is 0 Å². The zero-order chi connectivity index (χ0) is 20.6. The SMILES string of the molecule is C=CCC1CC(c2ccc(Cl)cc2)=NN1C(=NCCc1ccc(Cl)cc1)NC#N. The average Bonchev–Trinajstić information content (AvgIpc) is 3.13. The van der Waals surface area contributed by atoms with Crippen LogP contribution in [-0.2, 0) is 6.42 Å². The number of aliphatic imine (C=N–C) groups is 1. The molecule has 0 aliphatic carbocycles. The van der Waals surface area contributed by atoms with Gasteiger partial charge in [0.25, 0.3) is 0 Å². The van der Waals surface area contributed by atoms with Crippen molar-refractivity contribution in [2.75, 3.05) is 6.54 Å². The highest BCUT2D eigenvalue weighted by Crippen LogP contribution is 2.24. The van der Waals surface area contributed by atoms with Crippen LogP contribution in [0.2, 0.25) is 10.0 Å². The predicted molar refractivity (Wildman–Crippen MR) is 119 cm³/mol. The second-order valence-electron chi connectivity index (χ2n) is 6.60. The fraction of sp³-hybridized carbons (Fsp3) is 0.227. The third-order valence-corrected chi connectivity index (χ3v) is 5.08. The number of hydrogen-bond donors (Lipinski definition) is 1. The van der Waals surface area contributed by atoms with Gasteiger partial charge in [0.2, 0.25) is 5.96 Å². The van der Waals surface area contributed by atoms with Gasteiger partial charge in [-0.05, 0) is 48.2 Å². The first kappa shape index (κ1) is 20.9. The maximum absolute atomic E-state index is 9.21. The van der Waals surface area contributed by atoms with Crippen molar-refractivity contribution in [3.05, 3.63) is 82.4 Å². The minimum atomic E-state index is 0.0494. The van der Waals surface area contributed by atoms with E-state index in [4.69, 9.17) is 28.3 Å². The van der Waals surface area contributed by atoms with Crippen molar-refractivity contribution in [1.29, 1.82) is 5.26 Å². The Morgan fingerprint density at radius 2 is 1.86 bits per heavy atom. The fourth-order valence-electron chi connectivity index (χ4n) is 3.14. The normalized spacial score (nSPS) is 16.3. The van der Waals surface area contributed by atoms with Crippen molar-refractivity contribution in [3.8, 4) is 6.19 Å². The molecule has 2 aromatic rings. The van der Waals surface area contributed by atoms with Crippen molar-refractivity contribution in [3.63, 3.8) is 0 Å². The van der Waals surface area contributed by atoms with Crippen LogP contribution >= 0.6 is 23.2 Å². The lowest BCUT2D eigenvalue weighted by molar-refractivity contribution is 0.353. The van der Waals surface area contributed by atoms with Gasteiger partial charge in [0.15, 0.2) is 6.19 Å². The van der Waals surface area contributed by atoms with E-state index in [1.807, 2.05) is 60.8 Å². The molecule has 1 aliphatic rings. The number of halogens is 2. The van der Waals surface area contributed by atoms with Crippen LogP contribution in [0.25, 0.3) is 0 Å². The molecule has 148 valence electrons. The van der Waals surface area contributed by atoms with Crippen molar-refractivity contribution < 1.29 is 0 Å². The molecule has 0 aromatic heterocycles.